The Morgan fingerprint density at radius 3 is 3.00 bits per heavy atom. The first-order valence-electron chi connectivity index (χ1n) is 6.36. The van der Waals surface area contributed by atoms with Crippen molar-refractivity contribution >= 4 is 17.1 Å². The first-order valence-corrected chi connectivity index (χ1v) is 6.74. The second kappa shape index (κ2) is 4.57. The average Bonchev–Trinajstić information content (AvgIpc) is 2.64. The van der Waals surface area contributed by atoms with Crippen molar-refractivity contribution in [3.05, 3.63) is 40.7 Å². The summed E-state index contributed by atoms with van der Waals surface area (Å²) in [5, 5.41) is 4.35. The lowest BCUT2D eigenvalue weighted by molar-refractivity contribution is 0.197. The largest absolute Gasteiger partial charge is 0.317 e. The fourth-order valence-electron chi connectivity index (χ4n) is 2.84. The number of likely N-dealkylation sites (N-methyl/N-ethyl adjacent to an activating group) is 1. The van der Waals surface area contributed by atoms with Crippen LogP contribution in [0.25, 0.3) is 5.52 Å². The molecule has 1 aliphatic heterocycles. The average molecular weight is 264 g/mol. The first-order chi connectivity index (χ1) is 8.70. The van der Waals surface area contributed by atoms with E-state index >= 15 is 0 Å². The predicted octanol–water partition coefficient (Wildman–Crippen LogP) is 2.48. The predicted molar refractivity (Wildman–Crippen MR) is 75.4 cm³/mol. The number of aromatic nitrogens is 1. The van der Waals surface area contributed by atoms with Crippen LogP contribution >= 0.6 is 11.6 Å². The standard InChI is InChI=1S/C14H18ClN3/c1-10-13(15)11-5-3-4-7-18(11)14(10)12-9-16-6-8-17(12)2/h3-5,7,12,16H,6,8-9H2,1-2H3. The maximum Gasteiger partial charge on any atom is 0.0693 e. The van der Waals surface area contributed by atoms with Crippen LogP contribution in [-0.4, -0.2) is 36.0 Å². The maximum atomic E-state index is 6.45. The van der Waals surface area contributed by atoms with Crippen LogP contribution in [0.5, 0.6) is 0 Å². The van der Waals surface area contributed by atoms with Gasteiger partial charge in [-0.05, 0) is 31.7 Å². The van der Waals surface area contributed by atoms with Gasteiger partial charge in [0.15, 0.2) is 0 Å². The molecule has 0 amide bonds. The number of pyridine rings is 1. The van der Waals surface area contributed by atoms with Crippen molar-refractivity contribution in [3.63, 3.8) is 0 Å². The van der Waals surface area contributed by atoms with Crippen molar-refractivity contribution < 1.29 is 0 Å². The van der Waals surface area contributed by atoms with E-state index in [0.29, 0.717) is 6.04 Å². The number of halogens is 1. The molecule has 0 radical (unpaired) electrons. The first kappa shape index (κ1) is 12.0. The second-order valence-electron chi connectivity index (χ2n) is 4.98. The van der Waals surface area contributed by atoms with Gasteiger partial charge in [-0.1, -0.05) is 17.7 Å². The highest BCUT2D eigenvalue weighted by Gasteiger charge is 2.26. The number of hydrogen-bond acceptors (Lipinski definition) is 2. The number of piperazine rings is 1. The monoisotopic (exact) mass is 263 g/mol. The van der Waals surface area contributed by atoms with Gasteiger partial charge in [-0.2, -0.15) is 0 Å². The van der Waals surface area contributed by atoms with Gasteiger partial charge in [0, 0.05) is 31.5 Å². The summed E-state index contributed by atoms with van der Waals surface area (Å²) >= 11 is 6.45. The Labute approximate surface area is 112 Å². The summed E-state index contributed by atoms with van der Waals surface area (Å²) in [5.74, 6) is 0. The highest BCUT2D eigenvalue weighted by Crippen LogP contribution is 2.33. The molecule has 1 fully saturated rings. The summed E-state index contributed by atoms with van der Waals surface area (Å²) in [6.45, 7) is 5.23. The summed E-state index contributed by atoms with van der Waals surface area (Å²) in [5.41, 5.74) is 3.61. The van der Waals surface area contributed by atoms with Crippen LogP contribution in [0.1, 0.15) is 17.3 Å². The molecule has 1 saturated heterocycles. The normalized spacial score (nSPS) is 21.6. The molecule has 0 saturated carbocycles. The molecule has 96 valence electrons. The van der Waals surface area contributed by atoms with Gasteiger partial charge in [-0.3, -0.25) is 4.90 Å². The summed E-state index contributed by atoms with van der Waals surface area (Å²) in [7, 11) is 2.18. The van der Waals surface area contributed by atoms with E-state index in [1.165, 1.54) is 11.3 Å². The number of nitrogens with zero attached hydrogens (tertiary/aromatic N) is 2. The zero-order valence-corrected chi connectivity index (χ0v) is 11.5. The Morgan fingerprint density at radius 1 is 1.39 bits per heavy atom. The van der Waals surface area contributed by atoms with Gasteiger partial charge in [0.25, 0.3) is 0 Å². The van der Waals surface area contributed by atoms with E-state index in [-0.39, 0.29) is 0 Å². The van der Waals surface area contributed by atoms with E-state index in [4.69, 9.17) is 11.6 Å². The smallest absolute Gasteiger partial charge is 0.0693 e. The lowest BCUT2D eigenvalue weighted by atomic mass is 10.1. The van der Waals surface area contributed by atoms with Gasteiger partial charge in [-0.15, -0.1) is 0 Å². The van der Waals surface area contributed by atoms with Gasteiger partial charge in [0.05, 0.1) is 16.6 Å². The Hall–Kier alpha value is -1.03. The number of rotatable bonds is 1. The minimum Gasteiger partial charge on any atom is -0.317 e. The van der Waals surface area contributed by atoms with E-state index in [1.54, 1.807) is 0 Å². The van der Waals surface area contributed by atoms with Gasteiger partial charge in [-0.25, -0.2) is 0 Å². The van der Waals surface area contributed by atoms with Gasteiger partial charge in [0.1, 0.15) is 0 Å². The van der Waals surface area contributed by atoms with Gasteiger partial charge >= 0.3 is 0 Å². The van der Waals surface area contributed by atoms with Crippen LogP contribution in [0.15, 0.2) is 24.4 Å². The van der Waals surface area contributed by atoms with Crippen LogP contribution in [-0.2, 0) is 0 Å². The molecular formula is C14H18ClN3. The molecule has 4 heteroatoms. The van der Waals surface area contributed by atoms with Crippen molar-refractivity contribution in [2.45, 2.75) is 13.0 Å². The van der Waals surface area contributed by atoms with Crippen LogP contribution in [0.2, 0.25) is 5.02 Å². The SMILES string of the molecule is Cc1c(Cl)c2ccccn2c1C1CNCCN1C. The minimum atomic E-state index is 0.390. The Balaban J connectivity index is 2.18. The second-order valence-corrected chi connectivity index (χ2v) is 5.36. The molecule has 3 heterocycles. The molecule has 1 unspecified atom stereocenters. The van der Waals surface area contributed by atoms with E-state index < -0.39 is 0 Å². The molecule has 1 N–H and O–H groups in total. The molecule has 2 aromatic heterocycles. The van der Waals surface area contributed by atoms with Crippen LogP contribution in [0.4, 0.5) is 0 Å². The minimum absolute atomic E-state index is 0.390. The number of nitrogens with one attached hydrogen (secondary N) is 1. The zero-order valence-electron chi connectivity index (χ0n) is 10.8. The summed E-state index contributed by atoms with van der Waals surface area (Å²) in [6.07, 6.45) is 2.10. The van der Waals surface area contributed by atoms with Crippen molar-refractivity contribution in [2.24, 2.45) is 0 Å². The zero-order chi connectivity index (χ0) is 12.7. The Morgan fingerprint density at radius 2 is 2.22 bits per heavy atom. The molecular weight excluding hydrogens is 246 g/mol. The molecule has 1 atom stereocenters. The molecule has 3 nitrogen and oxygen atoms in total. The Kier molecular flexibility index (Phi) is 3.06. The molecule has 0 aromatic carbocycles. The lowest BCUT2D eigenvalue weighted by Gasteiger charge is -2.33. The third-order valence-corrected chi connectivity index (χ3v) is 4.36. The fourth-order valence-corrected chi connectivity index (χ4v) is 3.09. The molecule has 3 rings (SSSR count). The van der Waals surface area contributed by atoms with E-state index in [0.717, 1.165) is 30.2 Å². The number of hydrogen-bond donors (Lipinski definition) is 1. The highest BCUT2D eigenvalue weighted by molar-refractivity contribution is 6.34. The highest BCUT2D eigenvalue weighted by atomic mass is 35.5. The lowest BCUT2D eigenvalue weighted by Crippen LogP contribution is -2.44. The molecule has 0 bridgehead atoms. The summed E-state index contributed by atoms with van der Waals surface area (Å²) in [4.78, 5) is 2.40. The van der Waals surface area contributed by atoms with E-state index in [1.807, 2.05) is 6.07 Å². The van der Waals surface area contributed by atoms with Crippen molar-refractivity contribution in [1.29, 1.82) is 0 Å². The summed E-state index contributed by atoms with van der Waals surface area (Å²) in [6, 6.07) is 6.56. The third-order valence-electron chi connectivity index (χ3n) is 3.88. The van der Waals surface area contributed by atoms with Crippen molar-refractivity contribution in [3.8, 4) is 0 Å². The molecule has 0 aliphatic carbocycles. The van der Waals surface area contributed by atoms with E-state index in [9.17, 15) is 0 Å². The van der Waals surface area contributed by atoms with E-state index in [2.05, 4.69) is 46.9 Å². The molecule has 0 spiro atoms. The van der Waals surface area contributed by atoms with Gasteiger partial charge < -0.3 is 9.72 Å². The van der Waals surface area contributed by atoms with Crippen LogP contribution in [0.3, 0.4) is 0 Å². The quantitative estimate of drug-likeness (QED) is 0.853. The maximum absolute atomic E-state index is 6.45. The third kappa shape index (κ3) is 1.74. The van der Waals surface area contributed by atoms with Crippen LogP contribution < -0.4 is 5.32 Å². The fraction of sp³-hybridized carbons (Fsp3) is 0.429. The molecule has 18 heavy (non-hydrogen) atoms. The molecule has 2 aromatic rings. The van der Waals surface area contributed by atoms with Crippen LogP contribution in [0, 0.1) is 6.92 Å². The van der Waals surface area contributed by atoms with Crippen molar-refractivity contribution in [1.82, 2.24) is 14.6 Å². The topological polar surface area (TPSA) is 19.7 Å². The molecule has 1 aliphatic rings. The summed E-state index contributed by atoms with van der Waals surface area (Å²) < 4.78 is 2.23. The van der Waals surface area contributed by atoms with Gasteiger partial charge in [0.2, 0.25) is 0 Å². The Bertz CT molecular complexity index is 576. The van der Waals surface area contributed by atoms with Crippen molar-refractivity contribution in [2.75, 3.05) is 26.7 Å². The number of fused-ring (bicyclic) bond motifs is 1.